The molecule has 1 unspecified atom stereocenters. The maximum atomic E-state index is 13.7. The van der Waals surface area contributed by atoms with E-state index in [9.17, 15) is 4.39 Å². The van der Waals surface area contributed by atoms with Crippen molar-refractivity contribution in [2.45, 2.75) is 51.2 Å². The van der Waals surface area contributed by atoms with Gasteiger partial charge in [-0.05, 0) is 50.8 Å². The van der Waals surface area contributed by atoms with Gasteiger partial charge >= 0.3 is 0 Å². The topological polar surface area (TPSA) is 15.7 Å². The van der Waals surface area contributed by atoms with Gasteiger partial charge in [0.15, 0.2) is 0 Å². The van der Waals surface area contributed by atoms with Crippen LogP contribution in [0.25, 0.3) is 0 Å². The van der Waals surface area contributed by atoms with E-state index in [4.69, 9.17) is 4.74 Å². The highest BCUT2D eigenvalue weighted by molar-refractivity contribution is 5.17. The van der Waals surface area contributed by atoms with Gasteiger partial charge in [-0.1, -0.05) is 25.1 Å². The Kier molecular flexibility index (Phi) is 5.90. The predicted octanol–water partition coefficient (Wildman–Crippen LogP) is 3.33. The van der Waals surface area contributed by atoms with Crippen molar-refractivity contribution in [3.8, 4) is 0 Å². The molecule has 2 heterocycles. The average Bonchev–Trinajstić information content (AvgIpc) is 2.55. The molecule has 0 aromatic heterocycles. The Balaban J connectivity index is 1.51. The van der Waals surface area contributed by atoms with Crippen LogP contribution in [0.4, 0.5) is 4.39 Å². The molecule has 0 aliphatic carbocycles. The lowest BCUT2D eigenvalue weighted by Crippen LogP contribution is -2.59. The first-order chi connectivity index (χ1) is 11.6. The smallest absolute Gasteiger partial charge is 0.126 e. The monoisotopic (exact) mass is 334 g/mol. The van der Waals surface area contributed by atoms with Gasteiger partial charge in [0.25, 0.3) is 0 Å². The third kappa shape index (κ3) is 4.35. The molecule has 0 amide bonds. The van der Waals surface area contributed by atoms with Crippen LogP contribution < -0.4 is 0 Å². The highest BCUT2D eigenvalue weighted by atomic mass is 19.1. The van der Waals surface area contributed by atoms with Crippen molar-refractivity contribution in [2.75, 3.05) is 39.3 Å². The standard InChI is InChI=1S/C20H31FN2O/c1-3-11-23-15-17(2)24-20(16-23)9-13-22(14-10-20)12-8-18-6-4-5-7-19(18)21/h4-7,17H,3,8-16H2,1-2H3. The molecule has 3 rings (SSSR count). The van der Waals surface area contributed by atoms with Crippen LogP contribution in [0.15, 0.2) is 24.3 Å². The Morgan fingerprint density at radius 2 is 1.92 bits per heavy atom. The molecule has 134 valence electrons. The van der Waals surface area contributed by atoms with E-state index in [0.29, 0.717) is 6.10 Å². The van der Waals surface area contributed by atoms with E-state index in [2.05, 4.69) is 23.6 Å². The second kappa shape index (κ2) is 7.94. The SMILES string of the molecule is CCCN1CC(C)OC2(CCN(CCc3ccccc3F)CC2)C1. The number of hydrogen-bond acceptors (Lipinski definition) is 3. The third-order valence-electron chi connectivity index (χ3n) is 5.44. The Hall–Kier alpha value is -0.970. The van der Waals surface area contributed by atoms with E-state index in [1.807, 2.05) is 12.1 Å². The Morgan fingerprint density at radius 1 is 1.17 bits per heavy atom. The van der Waals surface area contributed by atoms with Gasteiger partial charge in [-0.25, -0.2) is 4.39 Å². The zero-order chi connectivity index (χ0) is 17.0. The molecule has 0 saturated carbocycles. The molecule has 2 aliphatic rings. The Bertz CT molecular complexity index is 528. The van der Waals surface area contributed by atoms with Crippen molar-refractivity contribution >= 4 is 0 Å². The third-order valence-corrected chi connectivity index (χ3v) is 5.44. The predicted molar refractivity (Wildman–Crippen MR) is 95.8 cm³/mol. The molecule has 1 spiro atoms. The van der Waals surface area contributed by atoms with E-state index in [1.54, 1.807) is 12.1 Å². The van der Waals surface area contributed by atoms with Crippen molar-refractivity contribution in [1.82, 2.24) is 9.80 Å². The van der Waals surface area contributed by atoms with E-state index in [-0.39, 0.29) is 11.4 Å². The molecule has 2 saturated heterocycles. The van der Waals surface area contributed by atoms with E-state index in [1.165, 1.54) is 13.0 Å². The number of morpholine rings is 1. The molecule has 1 aromatic carbocycles. The molecule has 2 aliphatic heterocycles. The lowest BCUT2D eigenvalue weighted by Gasteiger charge is -2.49. The van der Waals surface area contributed by atoms with Gasteiger partial charge in [0.1, 0.15) is 5.82 Å². The lowest BCUT2D eigenvalue weighted by atomic mass is 9.88. The van der Waals surface area contributed by atoms with Crippen LogP contribution in [0.5, 0.6) is 0 Å². The van der Waals surface area contributed by atoms with E-state index < -0.39 is 0 Å². The quantitative estimate of drug-likeness (QED) is 0.821. The van der Waals surface area contributed by atoms with E-state index >= 15 is 0 Å². The van der Waals surface area contributed by atoms with Crippen LogP contribution in [0.2, 0.25) is 0 Å². The highest BCUT2D eigenvalue weighted by Crippen LogP contribution is 2.32. The Morgan fingerprint density at radius 3 is 2.62 bits per heavy atom. The molecular weight excluding hydrogens is 303 g/mol. The molecule has 24 heavy (non-hydrogen) atoms. The normalized spacial score (nSPS) is 25.2. The fourth-order valence-corrected chi connectivity index (χ4v) is 4.26. The average molecular weight is 334 g/mol. The second-order valence-corrected chi connectivity index (χ2v) is 7.53. The molecule has 2 fully saturated rings. The summed E-state index contributed by atoms with van der Waals surface area (Å²) in [4.78, 5) is 5.04. The van der Waals surface area contributed by atoms with Gasteiger partial charge in [-0.2, -0.15) is 0 Å². The summed E-state index contributed by atoms with van der Waals surface area (Å²) in [6.45, 7) is 10.8. The van der Waals surface area contributed by atoms with Gasteiger partial charge in [0.2, 0.25) is 0 Å². The summed E-state index contributed by atoms with van der Waals surface area (Å²) in [6, 6.07) is 7.13. The minimum Gasteiger partial charge on any atom is -0.369 e. The van der Waals surface area contributed by atoms with Crippen molar-refractivity contribution < 1.29 is 9.13 Å². The zero-order valence-corrected chi connectivity index (χ0v) is 15.1. The van der Waals surface area contributed by atoms with Gasteiger partial charge < -0.3 is 9.64 Å². The molecule has 0 N–H and O–H groups in total. The summed E-state index contributed by atoms with van der Waals surface area (Å²) in [5.41, 5.74) is 0.871. The maximum Gasteiger partial charge on any atom is 0.126 e. The maximum absolute atomic E-state index is 13.7. The molecule has 1 atom stereocenters. The number of halogens is 1. The summed E-state index contributed by atoms with van der Waals surface area (Å²) in [7, 11) is 0. The summed E-state index contributed by atoms with van der Waals surface area (Å²) >= 11 is 0. The van der Waals surface area contributed by atoms with Gasteiger partial charge in [-0.15, -0.1) is 0 Å². The number of nitrogens with zero attached hydrogens (tertiary/aromatic N) is 2. The first-order valence-corrected chi connectivity index (χ1v) is 9.46. The summed E-state index contributed by atoms with van der Waals surface area (Å²) < 4.78 is 20.1. The second-order valence-electron chi connectivity index (χ2n) is 7.53. The van der Waals surface area contributed by atoms with Crippen LogP contribution in [0.3, 0.4) is 0 Å². The number of rotatable bonds is 5. The largest absolute Gasteiger partial charge is 0.369 e. The summed E-state index contributed by atoms with van der Waals surface area (Å²) in [6.07, 6.45) is 4.51. The van der Waals surface area contributed by atoms with Gasteiger partial charge in [0, 0.05) is 32.7 Å². The first kappa shape index (κ1) is 17.8. The van der Waals surface area contributed by atoms with E-state index in [0.717, 1.165) is 57.5 Å². The van der Waals surface area contributed by atoms with Crippen molar-refractivity contribution in [3.63, 3.8) is 0 Å². The van der Waals surface area contributed by atoms with Gasteiger partial charge in [-0.3, -0.25) is 4.90 Å². The minimum absolute atomic E-state index is 0.0430. The molecule has 0 radical (unpaired) electrons. The lowest BCUT2D eigenvalue weighted by molar-refractivity contribution is -0.169. The first-order valence-electron chi connectivity index (χ1n) is 9.46. The van der Waals surface area contributed by atoms with Crippen LogP contribution in [0.1, 0.15) is 38.7 Å². The fraction of sp³-hybridized carbons (Fsp3) is 0.700. The van der Waals surface area contributed by atoms with Crippen LogP contribution >= 0.6 is 0 Å². The molecule has 1 aromatic rings. The van der Waals surface area contributed by atoms with Crippen molar-refractivity contribution in [1.29, 1.82) is 0 Å². The molecular formula is C20H31FN2O. The van der Waals surface area contributed by atoms with Crippen LogP contribution in [-0.2, 0) is 11.2 Å². The number of piperidine rings is 1. The number of ether oxygens (including phenoxy) is 1. The van der Waals surface area contributed by atoms with Gasteiger partial charge in [0.05, 0.1) is 11.7 Å². The minimum atomic E-state index is -0.0781. The number of hydrogen-bond donors (Lipinski definition) is 0. The Labute approximate surface area is 145 Å². The van der Waals surface area contributed by atoms with Crippen LogP contribution in [0, 0.1) is 5.82 Å². The summed E-state index contributed by atoms with van der Waals surface area (Å²) in [5, 5.41) is 0. The molecule has 0 bridgehead atoms. The number of benzene rings is 1. The zero-order valence-electron chi connectivity index (χ0n) is 15.1. The molecule has 4 heteroatoms. The van der Waals surface area contributed by atoms with Crippen molar-refractivity contribution in [3.05, 3.63) is 35.6 Å². The number of likely N-dealkylation sites (tertiary alicyclic amines) is 1. The fourth-order valence-electron chi connectivity index (χ4n) is 4.26. The summed E-state index contributed by atoms with van der Waals surface area (Å²) in [5.74, 6) is -0.0781. The molecule has 3 nitrogen and oxygen atoms in total. The van der Waals surface area contributed by atoms with Crippen LogP contribution in [-0.4, -0.2) is 60.8 Å². The van der Waals surface area contributed by atoms with Crippen molar-refractivity contribution in [2.24, 2.45) is 0 Å². The highest BCUT2D eigenvalue weighted by Gasteiger charge is 2.41.